The van der Waals surface area contributed by atoms with Crippen molar-refractivity contribution >= 4 is 11.9 Å². The van der Waals surface area contributed by atoms with Crippen molar-refractivity contribution in [3.05, 3.63) is 54.1 Å². The first-order chi connectivity index (χ1) is 13.1. The van der Waals surface area contributed by atoms with E-state index in [1.807, 2.05) is 25.1 Å². The van der Waals surface area contributed by atoms with Crippen LogP contribution in [0.5, 0.6) is 17.2 Å². The Balaban J connectivity index is 1.84. The maximum atomic E-state index is 13.0. The van der Waals surface area contributed by atoms with Crippen LogP contribution in [0.2, 0.25) is 0 Å². The lowest BCUT2D eigenvalue weighted by molar-refractivity contribution is -0.143. The molecule has 0 saturated carbocycles. The topological polar surface area (TPSA) is 76.1 Å². The number of para-hydroxylation sites is 3. The third-order valence-corrected chi connectivity index (χ3v) is 4.54. The van der Waals surface area contributed by atoms with Gasteiger partial charge in [-0.15, -0.1) is 0 Å². The van der Waals surface area contributed by atoms with Crippen molar-refractivity contribution in [2.45, 2.75) is 19.8 Å². The summed E-state index contributed by atoms with van der Waals surface area (Å²) in [7, 11) is 0. The number of amides is 1. The van der Waals surface area contributed by atoms with Gasteiger partial charge in [-0.2, -0.15) is 0 Å². The third kappa shape index (κ3) is 4.39. The fourth-order valence-electron chi connectivity index (χ4n) is 3.19. The van der Waals surface area contributed by atoms with Crippen LogP contribution < -0.4 is 9.47 Å². The first kappa shape index (κ1) is 18.8. The molecular weight excluding hydrogens is 346 g/mol. The van der Waals surface area contributed by atoms with E-state index in [4.69, 9.17) is 9.47 Å². The number of likely N-dealkylation sites (tertiary alicyclic amines) is 1. The Labute approximate surface area is 158 Å². The maximum absolute atomic E-state index is 13.0. The third-order valence-electron chi connectivity index (χ3n) is 4.54. The number of hydrogen-bond acceptors (Lipinski definition) is 4. The van der Waals surface area contributed by atoms with Crippen LogP contribution in [0.1, 0.15) is 30.1 Å². The summed E-state index contributed by atoms with van der Waals surface area (Å²) < 4.78 is 11.6. The van der Waals surface area contributed by atoms with E-state index in [1.165, 1.54) is 0 Å². The van der Waals surface area contributed by atoms with Gasteiger partial charge in [0.25, 0.3) is 5.91 Å². The zero-order chi connectivity index (χ0) is 19.2. The van der Waals surface area contributed by atoms with Gasteiger partial charge < -0.3 is 19.5 Å². The van der Waals surface area contributed by atoms with Crippen molar-refractivity contribution in [2.75, 3.05) is 19.7 Å². The van der Waals surface area contributed by atoms with Gasteiger partial charge in [0.15, 0.2) is 11.5 Å². The average molecular weight is 369 g/mol. The van der Waals surface area contributed by atoms with Crippen molar-refractivity contribution in [2.24, 2.45) is 5.92 Å². The van der Waals surface area contributed by atoms with E-state index in [0.717, 1.165) is 0 Å². The highest BCUT2D eigenvalue weighted by atomic mass is 16.5. The lowest BCUT2D eigenvalue weighted by atomic mass is 9.97. The van der Waals surface area contributed by atoms with Crippen LogP contribution in [-0.2, 0) is 4.79 Å². The SMILES string of the molecule is CCOc1ccccc1Oc1ccccc1C(=O)N1CCCC(C(=O)O)C1. The van der Waals surface area contributed by atoms with Gasteiger partial charge in [-0.05, 0) is 44.0 Å². The first-order valence-corrected chi connectivity index (χ1v) is 9.11. The normalized spacial score (nSPS) is 16.6. The second kappa shape index (κ2) is 8.58. The molecule has 6 nitrogen and oxygen atoms in total. The van der Waals surface area contributed by atoms with Gasteiger partial charge in [0.05, 0.1) is 18.1 Å². The number of carbonyl (C=O) groups excluding carboxylic acids is 1. The van der Waals surface area contributed by atoms with Gasteiger partial charge in [-0.25, -0.2) is 0 Å². The molecule has 1 aliphatic rings. The number of ether oxygens (including phenoxy) is 2. The number of rotatable bonds is 6. The summed E-state index contributed by atoms with van der Waals surface area (Å²) in [6.45, 7) is 3.17. The van der Waals surface area contributed by atoms with Gasteiger partial charge in [0.2, 0.25) is 0 Å². The van der Waals surface area contributed by atoms with Gasteiger partial charge in [-0.1, -0.05) is 24.3 Å². The number of carboxylic acid groups (broad SMARTS) is 1. The number of benzene rings is 2. The lowest BCUT2D eigenvalue weighted by Crippen LogP contribution is -2.42. The number of piperidine rings is 1. The van der Waals surface area contributed by atoms with E-state index in [1.54, 1.807) is 35.2 Å². The van der Waals surface area contributed by atoms with Crippen molar-refractivity contribution in [1.29, 1.82) is 0 Å². The largest absolute Gasteiger partial charge is 0.490 e. The van der Waals surface area contributed by atoms with Gasteiger partial charge in [0, 0.05) is 13.1 Å². The molecule has 27 heavy (non-hydrogen) atoms. The molecule has 1 amide bonds. The Hall–Kier alpha value is -3.02. The van der Waals surface area contributed by atoms with E-state index in [9.17, 15) is 14.7 Å². The van der Waals surface area contributed by atoms with E-state index in [2.05, 4.69) is 0 Å². The zero-order valence-electron chi connectivity index (χ0n) is 15.3. The predicted molar refractivity (Wildman–Crippen MR) is 100 cm³/mol. The highest BCUT2D eigenvalue weighted by Crippen LogP contribution is 2.33. The Morgan fingerprint density at radius 3 is 2.44 bits per heavy atom. The summed E-state index contributed by atoms with van der Waals surface area (Å²) in [6, 6.07) is 14.3. The van der Waals surface area contributed by atoms with Crippen molar-refractivity contribution < 1.29 is 24.2 Å². The number of carboxylic acids is 1. The monoisotopic (exact) mass is 369 g/mol. The molecule has 1 N–H and O–H groups in total. The molecule has 0 aliphatic carbocycles. The molecule has 1 heterocycles. The Morgan fingerprint density at radius 1 is 1.07 bits per heavy atom. The fraction of sp³-hybridized carbons (Fsp3) is 0.333. The highest BCUT2D eigenvalue weighted by Gasteiger charge is 2.29. The Morgan fingerprint density at radius 2 is 1.74 bits per heavy atom. The smallest absolute Gasteiger partial charge is 0.308 e. The van der Waals surface area contributed by atoms with E-state index < -0.39 is 11.9 Å². The molecule has 1 fully saturated rings. The number of aliphatic carboxylic acids is 1. The molecule has 2 aromatic rings. The minimum absolute atomic E-state index is 0.217. The van der Waals surface area contributed by atoms with Crippen LogP contribution in [0, 0.1) is 5.92 Å². The van der Waals surface area contributed by atoms with Crippen LogP contribution in [0.3, 0.4) is 0 Å². The number of nitrogens with zero attached hydrogens (tertiary/aromatic N) is 1. The van der Waals surface area contributed by atoms with Crippen molar-refractivity contribution in [3.8, 4) is 17.2 Å². The molecule has 142 valence electrons. The average Bonchev–Trinajstić information content (AvgIpc) is 2.69. The maximum Gasteiger partial charge on any atom is 0.308 e. The molecule has 1 unspecified atom stereocenters. The molecule has 1 atom stereocenters. The molecule has 0 bridgehead atoms. The van der Waals surface area contributed by atoms with Crippen LogP contribution in [0.15, 0.2) is 48.5 Å². The van der Waals surface area contributed by atoms with E-state index >= 15 is 0 Å². The van der Waals surface area contributed by atoms with E-state index in [0.29, 0.717) is 48.8 Å². The second-order valence-electron chi connectivity index (χ2n) is 6.41. The summed E-state index contributed by atoms with van der Waals surface area (Å²) >= 11 is 0. The highest BCUT2D eigenvalue weighted by molar-refractivity contribution is 5.97. The van der Waals surface area contributed by atoms with Crippen molar-refractivity contribution in [1.82, 2.24) is 4.90 Å². The number of hydrogen-bond donors (Lipinski definition) is 1. The zero-order valence-corrected chi connectivity index (χ0v) is 15.3. The fourth-order valence-corrected chi connectivity index (χ4v) is 3.19. The molecule has 0 radical (unpaired) electrons. The molecule has 2 aromatic carbocycles. The van der Waals surface area contributed by atoms with Crippen LogP contribution >= 0.6 is 0 Å². The quantitative estimate of drug-likeness (QED) is 0.838. The Bertz CT molecular complexity index is 820. The predicted octanol–water partition coefficient (Wildman–Crippen LogP) is 3.81. The summed E-state index contributed by atoms with van der Waals surface area (Å²) in [5.74, 6) is -0.0393. The van der Waals surface area contributed by atoms with Crippen LogP contribution in [0.4, 0.5) is 0 Å². The Kier molecular flexibility index (Phi) is 5.96. The van der Waals surface area contributed by atoms with Crippen LogP contribution in [0.25, 0.3) is 0 Å². The summed E-state index contributed by atoms with van der Waals surface area (Å²) in [4.78, 5) is 25.9. The molecule has 0 spiro atoms. The second-order valence-corrected chi connectivity index (χ2v) is 6.41. The first-order valence-electron chi connectivity index (χ1n) is 9.11. The number of carbonyl (C=O) groups is 2. The molecule has 1 saturated heterocycles. The lowest BCUT2D eigenvalue weighted by Gasteiger charge is -2.31. The van der Waals surface area contributed by atoms with Gasteiger partial charge >= 0.3 is 5.97 Å². The molecule has 3 rings (SSSR count). The van der Waals surface area contributed by atoms with Gasteiger partial charge in [-0.3, -0.25) is 9.59 Å². The summed E-state index contributed by atoms with van der Waals surface area (Å²) in [5, 5.41) is 9.26. The van der Waals surface area contributed by atoms with Gasteiger partial charge in [0.1, 0.15) is 5.75 Å². The molecular formula is C21H23NO5. The minimum Gasteiger partial charge on any atom is -0.490 e. The minimum atomic E-state index is -0.859. The van der Waals surface area contributed by atoms with Crippen LogP contribution in [-0.4, -0.2) is 41.6 Å². The molecule has 0 aromatic heterocycles. The summed E-state index contributed by atoms with van der Waals surface area (Å²) in [6.07, 6.45) is 1.28. The molecule has 1 aliphatic heterocycles. The summed E-state index contributed by atoms with van der Waals surface area (Å²) in [5.41, 5.74) is 0.412. The van der Waals surface area contributed by atoms with E-state index in [-0.39, 0.29) is 12.5 Å². The standard InChI is InChI=1S/C21H23NO5/c1-2-26-18-11-5-6-12-19(18)27-17-10-4-3-9-16(17)20(23)22-13-7-8-15(14-22)21(24)25/h3-6,9-12,15H,2,7-8,13-14H2,1H3,(H,24,25). The van der Waals surface area contributed by atoms with Crippen molar-refractivity contribution in [3.63, 3.8) is 0 Å². The molecule has 6 heteroatoms.